The second-order valence-corrected chi connectivity index (χ2v) is 10.9. The molecule has 2 aromatic rings. The average molecular weight is 437 g/mol. The highest BCUT2D eigenvalue weighted by Gasteiger charge is 2.33. The summed E-state index contributed by atoms with van der Waals surface area (Å²) in [5.41, 5.74) is 2.38. The fourth-order valence-electron chi connectivity index (χ4n) is 4.23. The first-order chi connectivity index (χ1) is 13.9. The topological polar surface area (TPSA) is 73.8 Å². The highest BCUT2D eigenvalue weighted by molar-refractivity contribution is 7.88. The Labute approximate surface area is 176 Å². The standard InChI is InChI=1S/C20H28N4O3S2/c1-3-15-5-4-6-17-18(15)21-20(28-17)23-13-11-22(12-14-23)19(25)16-7-9-24(10-8-16)29(2,26)27/h4-6,16H,3,7-14H2,1-2H3. The zero-order valence-corrected chi connectivity index (χ0v) is 18.6. The van der Waals surface area contributed by atoms with Crippen LogP contribution in [0.2, 0.25) is 0 Å². The van der Waals surface area contributed by atoms with E-state index in [-0.39, 0.29) is 11.8 Å². The molecule has 1 aromatic heterocycles. The molecular formula is C20H28N4O3S2. The van der Waals surface area contributed by atoms with Crippen LogP contribution in [0.5, 0.6) is 0 Å². The van der Waals surface area contributed by atoms with E-state index in [1.165, 1.54) is 20.8 Å². The lowest BCUT2D eigenvalue weighted by Gasteiger charge is -2.38. The number of aryl methyl sites for hydroxylation is 1. The Morgan fingerprint density at radius 1 is 1.14 bits per heavy atom. The summed E-state index contributed by atoms with van der Waals surface area (Å²) >= 11 is 1.72. The van der Waals surface area contributed by atoms with E-state index in [9.17, 15) is 13.2 Å². The molecule has 158 valence electrons. The molecule has 0 atom stereocenters. The number of sulfonamides is 1. The first-order valence-electron chi connectivity index (χ1n) is 10.2. The summed E-state index contributed by atoms with van der Waals surface area (Å²) in [5.74, 6) is 0.115. The van der Waals surface area contributed by atoms with Crippen molar-refractivity contribution in [2.45, 2.75) is 26.2 Å². The van der Waals surface area contributed by atoms with Gasteiger partial charge in [0.15, 0.2) is 5.13 Å². The Balaban J connectivity index is 1.35. The highest BCUT2D eigenvalue weighted by Crippen LogP contribution is 2.32. The molecule has 0 bridgehead atoms. The van der Waals surface area contributed by atoms with Crippen LogP contribution in [0.15, 0.2) is 18.2 Å². The number of carbonyl (C=O) groups is 1. The second-order valence-electron chi connectivity index (χ2n) is 7.86. The van der Waals surface area contributed by atoms with E-state index in [2.05, 4.69) is 30.0 Å². The average Bonchev–Trinajstić information content (AvgIpc) is 3.17. The molecule has 0 saturated carbocycles. The number of thiazole rings is 1. The maximum Gasteiger partial charge on any atom is 0.225 e. The Morgan fingerprint density at radius 3 is 2.45 bits per heavy atom. The molecule has 0 spiro atoms. The van der Waals surface area contributed by atoms with Gasteiger partial charge in [-0.05, 0) is 30.9 Å². The molecule has 0 unspecified atom stereocenters. The summed E-state index contributed by atoms with van der Waals surface area (Å²) in [4.78, 5) is 22.0. The molecule has 0 radical (unpaired) electrons. The molecule has 4 rings (SSSR count). The van der Waals surface area contributed by atoms with Crippen LogP contribution in [0.25, 0.3) is 10.2 Å². The summed E-state index contributed by atoms with van der Waals surface area (Å²) in [6, 6.07) is 6.35. The van der Waals surface area contributed by atoms with Crippen molar-refractivity contribution < 1.29 is 13.2 Å². The molecule has 9 heteroatoms. The fraction of sp³-hybridized carbons (Fsp3) is 0.600. The third-order valence-electron chi connectivity index (χ3n) is 6.01. The summed E-state index contributed by atoms with van der Waals surface area (Å²) in [6.07, 6.45) is 3.44. The number of piperazine rings is 1. The third-order valence-corrected chi connectivity index (χ3v) is 8.39. The minimum Gasteiger partial charge on any atom is -0.345 e. The van der Waals surface area contributed by atoms with Gasteiger partial charge in [-0.25, -0.2) is 17.7 Å². The summed E-state index contributed by atoms with van der Waals surface area (Å²) in [5, 5.41) is 1.04. The molecule has 2 aliphatic heterocycles. The van der Waals surface area contributed by atoms with Crippen molar-refractivity contribution in [1.82, 2.24) is 14.2 Å². The number of hydrogen-bond acceptors (Lipinski definition) is 6. The molecule has 1 aromatic carbocycles. The minimum atomic E-state index is -3.16. The first kappa shape index (κ1) is 20.6. The molecule has 3 heterocycles. The number of carbonyl (C=O) groups excluding carboxylic acids is 1. The van der Waals surface area contributed by atoms with Gasteiger partial charge in [-0.2, -0.15) is 0 Å². The van der Waals surface area contributed by atoms with Gasteiger partial charge in [0.25, 0.3) is 0 Å². The second kappa shape index (κ2) is 8.20. The van der Waals surface area contributed by atoms with Gasteiger partial charge in [0.1, 0.15) is 0 Å². The van der Waals surface area contributed by atoms with E-state index in [0.29, 0.717) is 39.0 Å². The molecule has 2 saturated heterocycles. The first-order valence-corrected chi connectivity index (χ1v) is 12.9. The number of piperidine rings is 1. The molecule has 0 N–H and O–H groups in total. The Bertz CT molecular complexity index is 988. The van der Waals surface area contributed by atoms with Crippen molar-refractivity contribution in [2.24, 2.45) is 5.92 Å². The van der Waals surface area contributed by atoms with Crippen LogP contribution < -0.4 is 4.90 Å². The third kappa shape index (κ3) is 4.27. The number of nitrogens with zero attached hydrogens (tertiary/aromatic N) is 4. The lowest BCUT2D eigenvalue weighted by atomic mass is 9.96. The number of rotatable bonds is 4. The monoisotopic (exact) mass is 436 g/mol. The molecule has 2 fully saturated rings. The van der Waals surface area contributed by atoms with Crippen LogP contribution in [0.3, 0.4) is 0 Å². The molecule has 0 aliphatic carbocycles. The van der Waals surface area contributed by atoms with Gasteiger partial charge in [0.2, 0.25) is 15.9 Å². The Hall–Kier alpha value is -1.71. The Morgan fingerprint density at radius 2 is 1.83 bits per heavy atom. The largest absolute Gasteiger partial charge is 0.345 e. The quantitative estimate of drug-likeness (QED) is 0.735. The number of amides is 1. The van der Waals surface area contributed by atoms with Crippen LogP contribution in [0.4, 0.5) is 5.13 Å². The number of benzene rings is 1. The lowest BCUT2D eigenvalue weighted by Crippen LogP contribution is -2.52. The minimum absolute atomic E-state index is 0.0610. The van der Waals surface area contributed by atoms with Crippen LogP contribution >= 0.6 is 11.3 Å². The number of anilines is 1. The van der Waals surface area contributed by atoms with E-state index >= 15 is 0 Å². The number of aromatic nitrogens is 1. The zero-order valence-electron chi connectivity index (χ0n) is 17.0. The Kier molecular flexibility index (Phi) is 5.81. The van der Waals surface area contributed by atoms with E-state index in [4.69, 9.17) is 4.98 Å². The van der Waals surface area contributed by atoms with E-state index in [1.807, 2.05) is 4.90 Å². The fourth-order valence-corrected chi connectivity index (χ4v) is 6.16. The van der Waals surface area contributed by atoms with Gasteiger partial charge in [-0.3, -0.25) is 4.79 Å². The van der Waals surface area contributed by atoms with Crippen molar-refractivity contribution in [1.29, 1.82) is 0 Å². The van der Waals surface area contributed by atoms with Gasteiger partial charge < -0.3 is 9.80 Å². The van der Waals surface area contributed by atoms with Gasteiger partial charge in [-0.1, -0.05) is 30.4 Å². The van der Waals surface area contributed by atoms with Crippen molar-refractivity contribution in [2.75, 3.05) is 50.4 Å². The van der Waals surface area contributed by atoms with E-state index in [0.717, 1.165) is 30.2 Å². The maximum absolute atomic E-state index is 12.9. The number of hydrogen-bond donors (Lipinski definition) is 0. The van der Waals surface area contributed by atoms with Gasteiger partial charge >= 0.3 is 0 Å². The van der Waals surface area contributed by atoms with Crippen molar-refractivity contribution >= 4 is 42.6 Å². The summed E-state index contributed by atoms with van der Waals surface area (Å²) < 4.78 is 26.0. The zero-order chi connectivity index (χ0) is 20.6. The van der Waals surface area contributed by atoms with Crippen molar-refractivity contribution in [3.63, 3.8) is 0 Å². The van der Waals surface area contributed by atoms with Gasteiger partial charge in [0, 0.05) is 45.2 Å². The maximum atomic E-state index is 12.9. The molecular weight excluding hydrogens is 408 g/mol. The predicted octanol–water partition coefficient (Wildman–Crippen LogP) is 2.18. The molecule has 7 nitrogen and oxygen atoms in total. The van der Waals surface area contributed by atoms with Crippen LogP contribution in [0, 0.1) is 5.92 Å². The normalized spacial score (nSPS) is 19.8. The summed E-state index contributed by atoms with van der Waals surface area (Å²) in [7, 11) is -3.16. The lowest BCUT2D eigenvalue weighted by molar-refractivity contribution is -0.137. The smallest absolute Gasteiger partial charge is 0.225 e. The molecule has 2 aliphatic rings. The van der Waals surface area contributed by atoms with E-state index in [1.54, 1.807) is 11.3 Å². The number of fused-ring (bicyclic) bond motifs is 1. The SMILES string of the molecule is CCc1cccc2sc(N3CCN(C(=O)C4CCN(S(C)(=O)=O)CC4)CC3)nc12. The van der Waals surface area contributed by atoms with E-state index < -0.39 is 10.0 Å². The van der Waals surface area contributed by atoms with Crippen LogP contribution in [-0.2, 0) is 21.2 Å². The number of para-hydroxylation sites is 1. The van der Waals surface area contributed by atoms with Crippen molar-refractivity contribution in [3.05, 3.63) is 23.8 Å². The van der Waals surface area contributed by atoms with Crippen molar-refractivity contribution in [3.8, 4) is 0 Å². The molecule has 29 heavy (non-hydrogen) atoms. The highest BCUT2D eigenvalue weighted by atomic mass is 32.2. The van der Waals surface area contributed by atoms with Crippen LogP contribution in [-0.4, -0.2) is 74.0 Å². The predicted molar refractivity (Wildman–Crippen MR) is 117 cm³/mol. The molecule has 1 amide bonds. The van der Waals surface area contributed by atoms with Gasteiger partial charge in [0.05, 0.1) is 16.5 Å². The van der Waals surface area contributed by atoms with Gasteiger partial charge in [-0.15, -0.1) is 0 Å². The summed E-state index contributed by atoms with van der Waals surface area (Å²) in [6.45, 7) is 6.01. The van der Waals surface area contributed by atoms with Crippen LogP contribution in [0.1, 0.15) is 25.3 Å².